The van der Waals surface area contributed by atoms with Crippen LogP contribution in [0.1, 0.15) is 74.9 Å². The fraction of sp³-hybridized carbons (Fsp3) is 0.303. The number of carbonyl (C=O) groups is 1. The number of allylic oxidation sites excluding steroid dienone is 1. The fourth-order valence-corrected chi connectivity index (χ4v) is 6.06. The van der Waals surface area contributed by atoms with Crippen molar-refractivity contribution in [1.82, 2.24) is 4.57 Å². The number of furan rings is 1. The third-order valence-electron chi connectivity index (χ3n) is 7.19. The highest BCUT2D eigenvalue weighted by molar-refractivity contribution is 7.07. The maximum atomic E-state index is 13.9. The van der Waals surface area contributed by atoms with Crippen LogP contribution >= 0.6 is 11.3 Å². The van der Waals surface area contributed by atoms with E-state index in [9.17, 15) is 22.8 Å². The third-order valence-corrected chi connectivity index (χ3v) is 8.17. The molecule has 0 aliphatic carbocycles. The van der Waals surface area contributed by atoms with E-state index in [0.717, 1.165) is 41.0 Å². The predicted octanol–water partition coefficient (Wildman–Crippen LogP) is 6.98. The van der Waals surface area contributed by atoms with Gasteiger partial charge in [-0.3, -0.25) is 9.36 Å². The van der Waals surface area contributed by atoms with E-state index in [4.69, 9.17) is 14.1 Å². The monoisotopic (exact) mass is 608 g/mol. The molecule has 1 aliphatic heterocycles. The quantitative estimate of drug-likeness (QED) is 0.202. The molecule has 0 saturated heterocycles. The highest BCUT2D eigenvalue weighted by atomic mass is 32.1. The number of fused-ring (bicyclic) bond motifs is 1. The Morgan fingerprint density at radius 3 is 2.51 bits per heavy atom. The topological polar surface area (TPSA) is 73.8 Å². The number of benzene rings is 2. The lowest BCUT2D eigenvalue weighted by Gasteiger charge is -2.26. The van der Waals surface area contributed by atoms with Gasteiger partial charge in [0.25, 0.3) is 5.56 Å². The summed E-state index contributed by atoms with van der Waals surface area (Å²) in [7, 11) is 0. The van der Waals surface area contributed by atoms with E-state index in [0.29, 0.717) is 38.7 Å². The Kier molecular flexibility index (Phi) is 8.59. The summed E-state index contributed by atoms with van der Waals surface area (Å²) in [6.45, 7) is 8.09. The molecule has 6 nitrogen and oxygen atoms in total. The van der Waals surface area contributed by atoms with E-state index in [2.05, 4.69) is 13.8 Å². The number of halogens is 3. The lowest BCUT2D eigenvalue weighted by atomic mass is 9.92. The van der Waals surface area contributed by atoms with Gasteiger partial charge in [0, 0.05) is 11.6 Å². The number of rotatable bonds is 8. The highest BCUT2D eigenvalue weighted by Crippen LogP contribution is 2.34. The molecule has 1 unspecified atom stereocenters. The van der Waals surface area contributed by atoms with Gasteiger partial charge in [-0.05, 0) is 54.7 Å². The van der Waals surface area contributed by atoms with Crippen molar-refractivity contribution in [1.29, 1.82) is 0 Å². The molecule has 0 bridgehead atoms. The Bertz CT molecular complexity index is 1860. The second-order valence-electron chi connectivity index (χ2n) is 10.5. The Hall–Kier alpha value is -4.18. The van der Waals surface area contributed by atoms with E-state index < -0.39 is 23.8 Å². The molecular weight excluding hydrogens is 577 g/mol. The molecule has 1 atom stereocenters. The van der Waals surface area contributed by atoms with Crippen LogP contribution in [-0.4, -0.2) is 17.1 Å². The van der Waals surface area contributed by atoms with Crippen LogP contribution in [0.3, 0.4) is 0 Å². The first-order valence-electron chi connectivity index (χ1n) is 14.1. The van der Waals surface area contributed by atoms with Crippen molar-refractivity contribution < 1.29 is 27.1 Å². The zero-order valence-electron chi connectivity index (χ0n) is 24.2. The molecule has 0 spiro atoms. The minimum Gasteiger partial charge on any atom is -0.463 e. The summed E-state index contributed by atoms with van der Waals surface area (Å²) in [5, 5.41) is 0. The predicted molar refractivity (Wildman–Crippen MR) is 159 cm³/mol. The van der Waals surface area contributed by atoms with Crippen molar-refractivity contribution in [3.8, 4) is 11.3 Å². The van der Waals surface area contributed by atoms with Gasteiger partial charge in [-0.25, -0.2) is 9.79 Å². The molecule has 10 heteroatoms. The van der Waals surface area contributed by atoms with Crippen LogP contribution < -0.4 is 14.9 Å². The number of thiazole rings is 1. The number of carbonyl (C=O) groups excluding carboxylic acids is 1. The van der Waals surface area contributed by atoms with Gasteiger partial charge >= 0.3 is 12.1 Å². The van der Waals surface area contributed by atoms with Gasteiger partial charge in [-0.2, -0.15) is 13.2 Å². The van der Waals surface area contributed by atoms with Crippen molar-refractivity contribution >= 4 is 23.4 Å². The second kappa shape index (κ2) is 12.2. The normalized spacial score (nSPS) is 15.5. The highest BCUT2D eigenvalue weighted by Gasteiger charge is 2.34. The van der Waals surface area contributed by atoms with Gasteiger partial charge < -0.3 is 9.15 Å². The first-order valence-corrected chi connectivity index (χ1v) is 14.9. The van der Waals surface area contributed by atoms with Crippen LogP contribution in [-0.2, 0) is 15.7 Å². The van der Waals surface area contributed by atoms with Crippen molar-refractivity contribution in [2.24, 2.45) is 4.99 Å². The van der Waals surface area contributed by atoms with E-state index in [1.165, 1.54) is 16.7 Å². The van der Waals surface area contributed by atoms with Crippen molar-refractivity contribution in [2.45, 2.75) is 58.7 Å². The summed E-state index contributed by atoms with van der Waals surface area (Å²) >= 11 is 1.16. The Morgan fingerprint density at radius 2 is 1.86 bits per heavy atom. The number of nitrogens with zero attached hydrogens (tertiary/aromatic N) is 2. The maximum absolute atomic E-state index is 13.9. The molecule has 3 heterocycles. The van der Waals surface area contributed by atoms with E-state index in [-0.39, 0.29) is 23.5 Å². The molecule has 43 heavy (non-hydrogen) atoms. The van der Waals surface area contributed by atoms with Crippen molar-refractivity contribution in [3.05, 3.63) is 114 Å². The fourth-order valence-electron chi connectivity index (χ4n) is 5.06. The van der Waals surface area contributed by atoms with Crippen molar-refractivity contribution in [2.75, 3.05) is 6.61 Å². The van der Waals surface area contributed by atoms with Gasteiger partial charge in [0.2, 0.25) is 0 Å². The second-order valence-corrected chi connectivity index (χ2v) is 11.5. The summed E-state index contributed by atoms with van der Waals surface area (Å²) in [6, 6.07) is 15.1. The molecule has 0 fully saturated rings. The van der Waals surface area contributed by atoms with Crippen LogP contribution in [0.5, 0.6) is 0 Å². The Labute approximate surface area is 250 Å². The van der Waals surface area contributed by atoms with Gasteiger partial charge in [-0.1, -0.05) is 74.9 Å². The maximum Gasteiger partial charge on any atom is 0.416 e. The minimum absolute atomic E-state index is 0.178. The minimum atomic E-state index is -4.48. The molecule has 2 aromatic heterocycles. The molecule has 4 aromatic rings. The number of hydrogen-bond donors (Lipinski definition) is 0. The molecule has 1 aliphatic rings. The lowest BCUT2D eigenvalue weighted by Crippen LogP contribution is -2.40. The molecular formula is C33H31F3N2O4S. The van der Waals surface area contributed by atoms with Gasteiger partial charge in [0.15, 0.2) is 4.80 Å². The summed E-state index contributed by atoms with van der Waals surface area (Å²) in [5.74, 6) is 0.330. The summed E-state index contributed by atoms with van der Waals surface area (Å²) in [6.07, 6.45) is -1.67. The standard InChI is InChI=1S/C33H31F3N2O4S/c1-5-8-25-28(31(40)41-6-2)29(21-13-11-20(12-14-21)19(3)4)38-30(39)27(43-32(38)37-25)18-24-15-16-26(42-24)22-9-7-10-23(17-22)33(34,35)36/h7,9-19,29H,5-6,8H2,1-4H3/b27-18-. The average molecular weight is 609 g/mol. The molecule has 0 amide bonds. The van der Waals surface area contributed by atoms with Crippen LogP contribution in [0.25, 0.3) is 17.4 Å². The number of hydrogen-bond acceptors (Lipinski definition) is 6. The molecule has 0 N–H and O–H groups in total. The molecule has 224 valence electrons. The van der Waals surface area contributed by atoms with Crippen molar-refractivity contribution in [3.63, 3.8) is 0 Å². The van der Waals surface area contributed by atoms with Crippen LogP contribution in [0.15, 0.2) is 86.1 Å². The van der Waals surface area contributed by atoms with Crippen LogP contribution in [0.4, 0.5) is 13.2 Å². The summed E-state index contributed by atoms with van der Waals surface area (Å²) < 4.78 is 52.8. The summed E-state index contributed by atoms with van der Waals surface area (Å²) in [4.78, 5) is 32.5. The molecule has 0 saturated carbocycles. The van der Waals surface area contributed by atoms with E-state index >= 15 is 0 Å². The van der Waals surface area contributed by atoms with Crippen LogP contribution in [0.2, 0.25) is 0 Å². The summed E-state index contributed by atoms with van der Waals surface area (Å²) in [5.41, 5.74) is 1.92. The van der Waals surface area contributed by atoms with E-state index in [1.807, 2.05) is 31.2 Å². The Morgan fingerprint density at radius 1 is 1.12 bits per heavy atom. The SMILES string of the molecule is CCCC1=C(C(=O)OCC)C(c2ccc(C(C)C)cc2)n2c(s/c(=C\c3ccc(-c4cccc(C(F)(F)F)c4)o3)c2=O)=N1. The third kappa shape index (κ3) is 6.15. The number of alkyl halides is 3. The van der Waals surface area contributed by atoms with Gasteiger partial charge in [0.1, 0.15) is 11.5 Å². The zero-order valence-corrected chi connectivity index (χ0v) is 25.0. The number of ether oxygens (including phenoxy) is 1. The van der Waals surface area contributed by atoms with Crippen LogP contribution in [0, 0.1) is 0 Å². The van der Waals surface area contributed by atoms with Gasteiger partial charge in [-0.15, -0.1) is 0 Å². The number of aromatic nitrogens is 1. The largest absolute Gasteiger partial charge is 0.463 e. The molecule has 5 rings (SSSR count). The lowest BCUT2D eigenvalue weighted by molar-refractivity contribution is -0.139. The van der Waals surface area contributed by atoms with E-state index in [1.54, 1.807) is 25.1 Å². The molecule has 2 aromatic carbocycles. The van der Waals surface area contributed by atoms with Gasteiger partial charge in [0.05, 0.1) is 34.0 Å². The zero-order chi connectivity index (χ0) is 30.9. The molecule has 0 radical (unpaired) electrons. The first kappa shape index (κ1) is 30.3. The first-order chi connectivity index (χ1) is 20.5. The Balaban J connectivity index is 1.64. The average Bonchev–Trinajstić information content (AvgIpc) is 3.56. The smallest absolute Gasteiger partial charge is 0.416 e. The number of esters is 1.